The molecule has 0 heterocycles. The van der Waals surface area contributed by atoms with Crippen molar-refractivity contribution in [2.45, 2.75) is 9.79 Å². The molecular formula is C23H15NOS. The van der Waals surface area contributed by atoms with Gasteiger partial charge in [0.25, 0.3) is 0 Å². The Morgan fingerprint density at radius 1 is 0.615 bits per heavy atom. The largest absolute Gasteiger partial charge is 0.398 e. The highest BCUT2D eigenvalue weighted by Crippen LogP contribution is 2.44. The van der Waals surface area contributed by atoms with Crippen LogP contribution in [0.5, 0.6) is 0 Å². The number of rotatable bonds is 2. The third-order valence-electron chi connectivity index (χ3n) is 4.85. The van der Waals surface area contributed by atoms with E-state index < -0.39 is 0 Å². The summed E-state index contributed by atoms with van der Waals surface area (Å²) in [7, 11) is 0. The molecule has 0 aromatic heterocycles. The molecular weight excluding hydrogens is 338 g/mol. The molecule has 0 spiro atoms. The van der Waals surface area contributed by atoms with Gasteiger partial charge in [-0.2, -0.15) is 0 Å². The lowest BCUT2D eigenvalue weighted by Crippen LogP contribution is -2.09. The summed E-state index contributed by atoms with van der Waals surface area (Å²) in [4.78, 5) is 15.1. The molecule has 0 amide bonds. The number of fused-ring (bicyclic) bond motifs is 2. The lowest BCUT2D eigenvalue weighted by molar-refractivity contribution is 0.104. The fourth-order valence-electron chi connectivity index (χ4n) is 3.64. The van der Waals surface area contributed by atoms with Gasteiger partial charge in [-0.1, -0.05) is 72.4 Å². The van der Waals surface area contributed by atoms with Gasteiger partial charge in [0.2, 0.25) is 0 Å². The molecule has 0 unspecified atom stereocenters. The lowest BCUT2D eigenvalue weighted by atomic mass is 9.83. The van der Waals surface area contributed by atoms with Crippen LogP contribution in [0.1, 0.15) is 15.9 Å². The summed E-state index contributed by atoms with van der Waals surface area (Å²) in [5, 5.41) is 2.13. The van der Waals surface area contributed by atoms with Crippen molar-refractivity contribution < 1.29 is 4.79 Å². The number of benzene rings is 4. The zero-order valence-electron chi connectivity index (χ0n) is 13.9. The van der Waals surface area contributed by atoms with Crippen LogP contribution in [0, 0.1) is 0 Å². The smallest absolute Gasteiger partial charge is 0.194 e. The third-order valence-corrected chi connectivity index (χ3v) is 6.01. The average Bonchev–Trinajstić information content (AvgIpc) is 2.68. The number of hydrogen-bond donors (Lipinski definition) is 1. The zero-order valence-corrected chi connectivity index (χ0v) is 14.7. The molecule has 0 radical (unpaired) electrons. The highest BCUT2D eigenvalue weighted by molar-refractivity contribution is 7.99. The summed E-state index contributed by atoms with van der Waals surface area (Å²) >= 11 is 1.64. The van der Waals surface area contributed by atoms with E-state index in [1.54, 1.807) is 11.8 Å². The predicted molar refractivity (Wildman–Crippen MR) is 108 cm³/mol. The molecule has 2 N–H and O–H groups in total. The second kappa shape index (κ2) is 5.75. The van der Waals surface area contributed by atoms with Crippen LogP contribution in [-0.4, -0.2) is 5.78 Å². The lowest BCUT2D eigenvalue weighted by Gasteiger charge is -2.21. The zero-order chi connectivity index (χ0) is 17.7. The minimum Gasteiger partial charge on any atom is -0.398 e. The first kappa shape index (κ1) is 15.2. The van der Waals surface area contributed by atoms with E-state index in [9.17, 15) is 4.79 Å². The van der Waals surface area contributed by atoms with Gasteiger partial charge in [-0.15, -0.1) is 0 Å². The van der Waals surface area contributed by atoms with E-state index in [1.165, 1.54) is 0 Å². The molecule has 0 fully saturated rings. The molecule has 0 bridgehead atoms. The van der Waals surface area contributed by atoms with Gasteiger partial charge in [0.15, 0.2) is 5.78 Å². The van der Waals surface area contributed by atoms with Crippen LogP contribution < -0.4 is 5.73 Å². The average molecular weight is 353 g/mol. The van der Waals surface area contributed by atoms with Gasteiger partial charge in [0.05, 0.1) is 0 Å². The van der Waals surface area contributed by atoms with Crippen molar-refractivity contribution in [3.8, 4) is 11.1 Å². The molecule has 0 aliphatic heterocycles. The molecule has 4 aromatic rings. The number of hydrogen-bond acceptors (Lipinski definition) is 3. The molecule has 3 heteroatoms. The Morgan fingerprint density at radius 2 is 1.35 bits per heavy atom. The SMILES string of the molecule is Nc1ccccc1Sc1ccc2c3c(cccc13)C(=O)c1ccccc1-2. The van der Waals surface area contributed by atoms with Gasteiger partial charge in [0, 0.05) is 32.0 Å². The number of carbonyl (C=O) groups excluding carboxylic acids is 1. The van der Waals surface area contributed by atoms with Crippen LogP contribution in [0.15, 0.2) is 88.7 Å². The van der Waals surface area contributed by atoms with E-state index in [0.717, 1.165) is 48.5 Å². The van der Waals surface area contributed by atoms with Crippen molar-refractivity contribution in [2.24, 2.45) is 0 Å². The predicted octanol–water partition coefficient (Wildman–Crippen LogP) is 5.78. The van der Waals surface area contributed by atoms with E-state index in [1.807, 2.05) is 60.7 Å². The molecule has 4 aromatic carbocycles. The first-order chi connectivity index (χ1) is 12.7. The summed E-state index contributed by atoms with van der Waals surface area (Å²) in [6.45, 7) is 0. The van der Waals surface area contributed by atoms with Crippen molar-refractivity contribution in [1.29, 1.82) is 0 Å². The summed E-state index contributed by atoms with van der Waals surface area (Å²) in [5.41, 5.74) is 10.6. The van der Waals surface area contributed by atoms with Gasteiger partial charge in [-0.3, -0.25) is 4.79 Å². The van der Waals surface area contributed by atoms with E-state index in [4.69, 9.17) is 5.73 Å². The van der Waals surface area contributed by atoms with Crippen LogP contribution in [0.2, 0.25) is 0 Å². The third kappa shape index (κ3) is 2.18. The molecule has 124 valence electrons. The Labute approximate surface area is 155 Å². The molecule has 2 nitrogen and oxygen atoms in total. The summed E-state index contributed by atoms with van der Waals surface area (Å²) < 4.78 is 0. The van der Waals surface area contributed by atoms with E-state index >= 15 is 0 Å². The van der Waals surface area contributed by atoms with Gasteiger partial charge in [-0.05, 0) is 34.7 Å². The molecule has 1 aliphatic rings. The molecule has 5 rings (SSSR count). The highest BCUT2D eigenvalue weighted by atomic mass is 32.2. The topological polar surface area (TPSA) is 43.1 Å². The first-order valence-electron chi connectivity index (χ1n) is 8.46. The van der Waals surface area contributed by atoms with Crippen LogP contribution in [0.25, 0.3) is 21.9 Å². The van der Waals surface area contributed by atoms with Crippen molar-refractivity contribution in [3.05, 3.63) is 90.0 Å². The van der Waals surface area contributed by atoms with Crippen molar-refractivity contribution in [3.63, 3.8) is 0 Å². The maximum Gasteiger partial charge on any atom is 0.194 e. The van der Waals surface area contributed by atoms with Gasteiger partial charge < -0.3 is 5.73 Å². The second-order valence-electron chi connectivity index (χ2n) is 6.35. The summed E-state index contributed by atoms with van der Waals surface area (Å²) in [6, 6.07) is 25.9. The van der Waals surface area contributed by atoms with Crippen LogP contribution >= 0.6 is 11.8 Å². The standard InChI is InChI=1S/C23H15NOS/c24-19-10-3-4-11-21(19)26-20-13-12-15-14-6-1-2-7-16(14)23(25)18-9-5-8-17(20)22(15)18/h1-13H,24H2. The fraction of sp³-hybridized carbons (Fsp3) is 0. The molecule has 0 atom stereocenters. The fourth-order valence-corrected chi connectivity index (χ4v) is 4.62. The van der Waals surface area contributed by atoms with Gasteiger partial charge >= 0.3 is 0 Å². The molecule has 26 heavy (non-hydrogen) atoms. The number of anilines is 1. The number of carbonyl (C=O) groups is 1. The Kier molecular flexibility index (Phi) is 3.37. The van der Waals surface area contributed by atoms with Crippen molar-refractivity contribution >= 4 is 34.0 Å². The maximum absolute atomic E-state index is 13.0. The van der Waals surface area contributed by atoms with Crippen molar-refractivity contribution in [2.75, 3.05) is 5.73 Å². The maximum atomic E-state index is 13.0. The number of nitrogen functional groups attached to an aromatic ring is 1. The van der Waals surface area contributed by atoms with Crippen LogP contribution in [0.3, 0.4) is 0 Å². The number of nitrogens with two attached hydrogens (primary N) is 1. The summed E-state index contributed by atoms with van der Waals surface area (Å²) in [6.07, 6.45) is 0. The Morgan fingerprint density at radius 3 is 2.19 bits per heavy atom. The number of ketones is 1. The van der Waals surface area contributed by atoms with Crippen molar-refractivity contribution in [1.82, 2.24) is 0 Å². The van der Waals surface area contributed by atoms with E-state index in [-0.39, 0.29) is 5.78 Å². The van der Waals surface area contributed by atoms with E-state index in [2.05, 4.69) is 18.2 Å². The summed E-state index contributed by atoms with van der Waals surface area (Å²) in [5.74, 6) is 0.0973. The molecule has 1 aliphatic carbocycles. The molecule has 0 saturated carbocycles. The van der Waals surface area contributed by atoms with Gasteiger partial charge in [0.1, 0.15) is 0 Å². The van der Waals surface area contributed by atoms with Crippen LogP contribution in [0.4, 0.5) is 5.69 Å². The molecule has 0 saturated heterocycles. The van der Waals surface area contributed by atoms with Gasteiger partial charge in [-0.25, -0.2) is 0 Å². The second-order valence-corrected chi connectivity index (χ2v) is 7.44. The minimum absolute atomic E-state index is 0.0973. The Hall–Kier alpha value is -3.04. The first-order valence-corrected chi connectivity index (χ1v) is 9.28. The monoisotopic (exact) mass is 353 g/mol. The normalized spacial score (nSPS) is 12.2. The van der Waals surface area contributed by atoms with E-state index in [0.29, 0.717) is 0 Å². The quantitative estimate of drug-likeness (QED) is 0.409. The Balaban J connectivity index is 1.78. The minimum atomic E-state index is 0.0973. The Bertz CT molecular complexity index is 1200. The highest BCUT2D eigenvalue weighted by Gasteiger charge is 2.25. The van der Waals surface area contributed by atoms with Crippen LogP contribution in [-0.2, 0) is 0 Å². The number of para-hydroxylation sites is 1.